The number of aromatic nitrogens is 2. The lowest BCUT2D eigenvalue weighted by molar-refractivity contribution is 0.668. The van der Waals surface area contributed by atoms with Crippen molar-refractivity contribution in [3.8, 4) is 43.1 Å². The van der Waals surface area contributed by atoms with Crippen LogP contribution in [-0.2, 0) is 0 Å². The molecule has 0 aliphatic carbocycles. The molecular formula is C54H28Br2N2O2S. The maximum Gasteiger partial charge on any atom is 0.135 e. The molecule has 61 heavy (non-hydrogen) atoms. The first kappa shape index (κ1) is 35.1. The zero-order chi connectivity index (χ0) is 40.3. The second-order valence-electron chi connectivity index (χ2n) is 15.5. The van der Waals surface area contributed by atoms with Gasteiger partial charge in [-0.05, 0) is 117 Å². The molecule has 0 saturated carbocycles. The summed E-state index contributed by atoms with van der Waals surface area (Å²) >= 11 is 9.39. The first-order valence-electron chi connectivity index (χ1n) is 20.0. The highest BCUT2D eigenvalue weighted by molar-refractivity contribution is 9.11. The van der Waals surface area contributed by atoms with Crippen molar-refractivity contribution < 1.29 is 8.83 Å². The number of hydrogen-bond donors (Lipinski definition) is 0. The monoisotopic (exact) mass is 926 g/mol. The fourth-order valence-electron chi connectivity index (χ4n) is 9.13. The fraction of sp³-hybridized carbons (Fsp3) is 0. The minimum absolute atomic E-state index is 0.859. The lowest BCUT2D eigenvalue weighted by Gasteiger charge is -2.14. The summed E-state index contributed by atoms with van der Waals surface area (Å²) in [5.41, 5.74) is 13.5. The minimum Gasteiger partial charge on any atom is -0.456 e. The summed E-state index contributed by atoms with van der Waals surface area (Å²) in [6.07, 6.45) is 0. The van der Waals surface area contributed by atoms with Crippen molar-refractivity contribution in [3.63, 3.8) is 0 Å². The van der Waals surface area contributed by atoms with Gasteiger partial charge in [-0.25, -0.2) is 9.97 Å². The van der Waals surface area contributed by atoms with Gasteiger partial charge in [0, 0.05) is 41.3 Å². The van der Waals surface area contributed by atoms with Gasteiger partial charge in [0.1, 0.15) is 33.4 Å². The quantitative estimate of drug-likeness (QED) is 0.165. The molecule has 0 N–H and O–H groups in total. The third-order valence-electron chi connectivity index (χ3n) is 12.0. The van der Waals surface area contributed by atoms with Crippen LogP contribution in [0.5, 0.6) is 0 Å². The van der Waals surface area contributed by atoms with Gasteiger partial charge >= 0.3 is 0 Å². The third-order valence-corrected chi connectivity index (χ3v) is 14.7. The zero-order valence-electron chi connectivity index (χ0n) is 32.0. The zero-order valence-corrected chi connectivity index (χ0v) is 36.0. The van der Waals surface area contributed by atoms with Gasteiger partial charge in [0.25, 0.3) is 0 Å². The van der Waals surface area contributed by atoms with Gasteiger partial charge in [0.2, 0.25) is 0 Å². The van der Waals surface area contributed by atoms with Gasteiger partial charge < -0.3 is 8.83 Å². The van der Waals surface area contributed by atoms with Crippen molar-refractivity contribution in [2.24, 2.45) is 0 Å². The number of rotatable bonds is 4. The van der Waals surface area contributed by atoms with E-state index >= 15 is 0 Å². The van der Waals surface area contributed by atoms with E-state index < -0.39 is 0 Å². The Morgan fingerprint density at radius 3 is 1.20 bits per heavy atom. The molecule has 0 bridgehead atoms. The Bertz CT molecular complexity index is 3740. The normalized spacial score (nSPS) is 12.1. The second-order valence-corrected chi connectivity index (χ2v) is 18.2. The van der Waals surface area contributed by atoms with Crippen LogP contribution in [0, 0.1) is 0 Å². The number of furan rings is 2. The van der Waals surface area contributed by atoms with Gasteiger partial charge in [-0.3, -0.25) is 0 Å². The topological polar surface area (TPSA) is 52.1 Å². The maximum absolute atomic E-state index is 6.29. The van der Waals surface area contributed by atoms with E-state index in [2.05, 4.69) is 177 Å². The van der Waals surface area contributed by atoms with Crippen LogP contribution in [0.4, 0.5) is 0 Å². The molecule has 4 aromatic heterocycles. The Labute approximate surface area is 369 Å². The SMILES string of the molecule is Brc1ccccc1-c1ccc2c3ccc(-c4ccccc4Br)cc3c3nc4c(-c5ccc6oc7ccccc7c6c5)sc(-c5ccc6oc7ccccc7c6c5)c4nc3c2c1. The summed E-state index contributed by atoms with van der Waals surface area (Å²) in [6.45, 7) is 0. The van der Waals surface area contributed by atoms with Crippen LogP contribution >= 0.6 is 43.2 Å². The van der Waals surface area contributed by atoms with Gasteiger partial charge in [-0.2, -0.15) is 0 Å². The number of halogens is 2. The highest BCUT2D eigenvalue weighted by atomic mass is 79.9. The Morgan fingerprint density at radius 2 is 0.721 bits per heavy atom. The lowest BCUT2D eigenvalue weighted by Crippen LogP contribution is -1.93. The number of thiophene rings is 1. The Morgan fingerprint density at radius 1 is 0.328 bits per heavy atom. The van der Waals surface area contributed by atoms with Crippen molar-refractivity contribution in [1.29, 1.82) is 0 Å². The lowest BCUT2D eigenvalue weighted by atomic mass is 9.93. The van der Waals surface area contributed by atoms with E-state index in [9.17, 15) is 0 Å². The van der Waals surface area contributed by atoms with Gasteiger partial charge in [0.15, 0.2) is 0 Å². The Kier molecular flexibility index (Phi) is 7.74. The van der Waals surface area contributed by atoms with Crippen LogP contribution in [0.3, 0.4) is 0 Å². The number of nitrogens with zero attached hydrogens (tertiary/aromatic N) is 2. The molecule has 0 aliphatic heterocycles. The average Bonchev–Trinajstić information content (AvgIpc) is 3.99. The van der Waals surface area contributed by atoms with Gasteiger partial charge in [0.05, 0.1) is 20.8 Å². The van der Waals surface area contributed by atoms with Crippen LogP contribution < -0.4 is 0 Å². The van der Waals surface area contributed by atoms with E-state index in [-0.39, 0.29) is 0 Å². The predicted molar refractivity (Wildman–Crippen MR) is 262 cm³/mol. The fourth-order valence-corrected chi connectivity index (χ4v) is 11.3. The molecule has 0 fully saturated rings. The van der Waals surface area contributed by atoms with Crippen molar-refractivity contribution in [3.05, 3.63) is 179 Å². The van der Waals surface area contributed by atoms with E-state index in [0.29, 0.717) is 0 Å². The van der Waals surface area contributed by atoms with Crippen LogP contribution in [0.25, 0.3) is 131 Å². The van der Waals surface area contributed by atoms with Crippen LogP contribution in [0.2, 0.25) is 0 Å². The minimum atomic E-state index is 0.859. The summed E-state index contributed by atoms with van der Waals surface area (Å²) in [5, 5.41) is 8.70. The molecule has 286 valence electrons. The highest BCUT2D eigenvalue weighted by Gasteiger charge is 2.23. The molecule has 0 unspecified atom stereocenters. The van der Waals surface area contributed by atoms with Crippen LogP contribution in [-0.4, -0.2) is 9.97 Å². The Hall–Kier alpha value is -6.64. The second kappa shape index (κ2) is 13.4. The molecule has 4 heterocycles. The summed E-state index contributed by atoms with van der Waals surface area (Å²) in [5.74, 6) is 0. The van der Waals surface area contributed by atoms with Crippen molar-refractivity contribution in [1.82, 2.24) is 9.97 Å². The molecule has 7 heteroatoms. The van der Waals surface area contributed by atoms with Crippen molar-refractivity contribution in [2.45, 2.75) is 0 Å². The summed E-state index contributed by atoms with van der Waals surface area (Å²) in [7, 11) is 0. The molecule has 13 rings (SSSR count). The van der Waals surface area contributed by atoms with E-state index in [0.717, 1.165) is 140 Å². The standard InChI is InChI=1S/C54H28Br2N2O2S/c55-43-13-5-1-9-33(43)29-17-21-35-36-22-18-30(34-10-2-6-14-44(34)56)26-42(36)50-49(41(35)25-29)57-51-52(58-50)54(32-20-24-48-40(28-32)38-12-4-8-16-46(38)60-48)61-53(51)31-19-23-47-39(27-31)37-11-3-7-15-45(37)59-47/h1-28H. The number of hydrogen-bond acceptors (Lipinski definition) is 5. The van der Waals surface area contributed by atoms with Crippen molar-refractivity contribution >= 4 is 131 Å². The largest absolute Gasteiger partial charge is 0.456 e. The molecule has 0 spiro atoms. The molecular weight excluding hydrogens is 900 g/mol. The number of fused-ring (bicyclic) bond motifs is 13. The maximum atomic E-state index is 6.29. The number of para-hydroxylation sites is 2. The van der Waals surface area contributed by atoms with E-state index in [1.54, 1.807) is 11.3 Å². The molecule has 9 aromatic carbocycles. The van der Waals surface area contributed by atoms with E-state index in [1.165, 1.54) is 0 Å². The predicted octanol–water partition coefficient (Wildman–Crippen LogP) is 17.1. The summed E-state index contributed by atoms with van der Waals surface area (Å²) < 4.78 is 14.7. The van der Waals surface area contributed by atoms with E-state index in [4.69, 9.17) is 18.8 Å². The average molecular weight is 929 g/mol. The number of benzene rings is 9. The van der Waals surface area contributed by atoms with Crippen LogP contribution in [0.1, 0.15) is 0 Å². The Balaban J connectivity index is 1.16. The van der Waals surface area contributed by atoms with Crippen LogP contribution in [0.15, 0.2) is 188 Å². The molecule has 0 radical (unpaired) electrons. The molecule has 13 aromatic rings. The summed E-state index contributed by atoms with van der Waals surface area (Å²) in [6, 6.07) is 59.7. The first-order chi connectivity index (χ1) is 30.0. The molecule has 0 atom stereocenters. The smallest absolute Gasteiger partial charge is 0.135 e. The van der Waals surface area contributed by atoms with E-state index in [1.807, 2.05) is 24.3 Å². The van der Waals surface area contributed by atoms with Gasteiger partial charge in [-0.1, -0.05) is 129 Å². The van der Waals surface area contributed by atoms with Gasteiger partial charge in [-0.15, -0.1) is 11.3 Å². The first-order valence-corrected chi connectivity index (χ1v) is 22.4. The van der Waals surface area contributed by atoms with Crippen molar-refractivity contribution in [2.75, 3.05) is 0 Å². The molecule has 0 aliphatic rings. The molecule has 4 nitrogen and oxygen atoms in total. The highest BCUT2D eigenvalue weighted by Crippen LogP contribution is 2.48. The third kappa shape index (κ3) is 5.41. The summed E-state index contributed by atoms with van der Waals surface area (Å²) in [4.78, 5) is 13.7. The molecule has 0 amide bonds. The molecule has 0 saturated heterocycles.